The van der Waals surface area contributed by atoms with Gasteiger partial charge in [-0.15, -0.1) is 0 Å². The maximum absolute atomic E-state index is 12.5. The maximum Gasteiger partial charge on any atom is 0.240 e. The lowest BCUT2D eigenvalue weighted by molar-refractivity contribution is -0.132. The van der Waals surface area contributed by atoms with Crippen molar-refractivity contribution in [2.24, 2.45) is 17.3 Å². The van der Waals surface area contributed by atoms with Crippen LogP contribution in [0.4, 0.5) is 0 Å². The third-order valence-corrected chi connectivity index (χ3v) is 5.05. The van der Waals surface area contributed by atoms with E-state index in [2.05, 4.69) is 37.9 Å². The fraction of sp³-hybridized carbons (Fsp3) is 0.941. The van der Waals surface area contributed by atoms with Gasteiger partial charge < -0.3 is 4.90 Å². The average Bonchev–Trinajstić information content (AvgIpc) is 2.89. The molecule has 2 aliphatic rings. The highest BCUT2D eigenvalue weighted by atomic mass is 16.2. The van der Waals surface area contributed by atoms with Gasteiger partial charge in [-0.3, -0.25) is 10.1 Å². The Kier molecular flexibility index (Phi) is 4.78. The van der Waals surface area contributed by atoms with Crippen molar-refractivity contribution >= 4 is 5.91 Å². The van der Waals surface area contributed by atoms with Gasteiger partial charge >= 0.3 is 0 Å². The third-order valence-electron chi connectivity index (χ3n) is 5.05. The molecule has 0 aromatic rings. The Labute approximate surface area is 124 Å². The highest BCUT2D eigenvalue weighted by Gasteiger charge is 2.44. The summed E-state index contributed by atoms with van der Waals surface area (Å²) in [5.41, 5.74) is 0.378. The molecule has 1 amide bonds. The van der Waals surface area contributed by atoms with Crippen LogP contribution in [-0.2, 0) is 4.79 Å². The molecular weight excluding hydrogens is 248 g/mol. The molecule has 1 N–H and O–H groups in total. The van der Waals surface area contributed by atoms with Crippen LogP contribution < -0.4 is 5.32 Å². The van der Waals surface area contributed by atoms with Crippen molar-refractivity contribution in [3.05, 3.63) is 0 Å². The lowest BCUT2D eigenvalue weighted by Gasteiger charge is -2.38. The summed E-state index contributed by atoms with van der Waals surface area (Å²) < 4.78 is 0. The van der Waals surface area contributed by atoms with Crippen molar-refractivity contribution in [2.45, 2.75) is 78.9 Å². The minimum atomic E-state index is -0.0140. The minimum Gasteiger partial charge on any atom is -0.325 e. The largest absolute Gasteiger partial charge is 0.325 e. The third kappa shape index (κ3) is 3.19. The number of hydrogen-bond donors (Lipinski definition) is 1. The number of rotatable bonds is 5. The zero-order chi connectivity index (χ0) is 14.9. The molecule has 20 heavy (non-hydrogen) atoms. The number of nitrogens with one attached hydrogen (secondary N) is 1. The molecule has 1 saturated heterocycles. The monoisotopic (exact) mass is 280 g/mol. The molecule has 2 unspecified atom stereocenters. The van der Waals surface area contributed by atoms with Crippen molar-refractivity contribution in [2.75, 3.05) is 6.54 Å². The van der Waals surface area contributed by atoms with Gasteiger partial charge in [0.25, 0.3) is 0 Å². The van der Waals surface area contributed by atoms with Gasteiger partial charge in [-0.25, -0.2) is 0 Å². The van der Waals surface area contributed by atoms with Crippen LogP contribution in [0.25, 0.3) is 0 Å². The van der Waals surface area contributed by atoms with Gasteiger partial charge in [0.05, 0.1) is 12.2 Å². The van der Waals surface area contributed by atoms with Gasteiger partial charge in [-0.1, -0.05) is 40.5 Å². The molecule has 1 aliphatic heterocycles. The molecule has 3 nitrogen and oxygen atoms in total. The fourth-order valence-corrected chi connectivity index (χ4v) is 4.31. The Morgan fingerprint density at radius 1 is 1.25 bits per heavy atom. The van der Waals surface area contributed by atoms with Crippen molar-refractivity contribution in [3.8, 4) is 0 Å². The van der Waals surface area contributed by atoms with Gasteiger partial charge in [-0.2, -0.15) is 0 Å². The summed E-state index contributed by atoms with van der Waals surface area (Å²) in [5.74, 6) is 1.49. The van der Waals surface area contributed by atoms with Crippen molar-refractivity contribution < 1.29 is 4.79 Å². The fourth-order valence-electron chi connectivity index (χ4n) is 4.31. The molecule has 1 aliphatic carbocycles. The number of hydrogen-bond acceptors (Lipinski definition) is 2. The number of carbonyl (C=O) groups excluding carboxylic acids is 1. The highest BCUT2D eigenvalue weighted by Crippen LogP contribution is 2.44. The van der Waals surface area contributed by atoms with Crippen molar-refractivity contribution in [1.82, 2.24) is 10.2 Å². The van der Waals surface area contributed by atoms with E-state index < -0.39 is 0 Å². The lowest BCUT2D eigenvalue weighted by Crippen LogP contribution is -2.46. The van der Waals surface area contributed by atoms with E-state index >= 15 is 0 Å². The van der Waals surface area contributed by atoms with E-state index in [4.69, 9.17) is 0 Å². The van der Waals surface area contributed by atoms with E-state index in [9.17, 15) is 4.79 Å². The van der Waals surface area contributed by atoms with E-state index in [1.54, 1.807) is 0 Å². The summed E-state index contributed by atoms with van der Waals surface area (Å²) in [6.07, 6.45) is 6.76. The van der Waals surface area contributed by atoms with E-state index in [1.165, 1.54) is 32.1 Å². The normalized spacial score (nSPS) is 29.9. The summed E-state index contributed by atoms with van der Waals surface area (Å²) in [6, 6.07) is -0.0140. The Balaban J connectivity index is 2.14. The summed E-state index contributed by atoms with van der Waals surface area (Å²) in [4.78, 5) is 14.7. The second-order valence-electron chi connectivity index (χ2n) is 7.85. The summed E-state index contributed by atoms with van der Waals surface area (Å²) >= 11 is 0. The molecule has 3 heteroatoms. The topological polar surface area (TPSA) is 32.3 Å². The van der Waals surface area contributed by atoms with Crippen LogP contribution in [0.1, 0.15) is 66.7 Å². The Morgan fingerprint density at radius 3 is 2.35 bits per heavy atom. The first-order valence-electron chi connectivity index (χ1n) is 8.41. The van der Waals surface area contributed by atoms with Crippen LogP contribution in [0, 0.1) is 17.3 Å². The quantitative estimate of drug-likeness (QED) is 0.837. The van der Waals surface area contributed by atoms with Crippen molar-refractivity contribution in [3.63, 3.8) is 0 Å². The van der Waals surface area contributed by atoms with E-state index in [1.807, 2.05) is 6.92 Å². The molecule has 1 heterocycles. The first-order valence-corrected chi connectivity index (χ1v) is 8.41. The molecule has 0 spiro atoms. The molecule has 0 aromatic carbocycles. The van der Waals surface area contributed by atoms with Crippen molar-refractivity contribution in [1.29, 1.82) is 0 Å². The van der Waals surface area contributed by atoms with E-state index in [-0.39, 0.29) is 12.2 Å². The second kappa shape index (κ2) is 6.05. The molecule has 2 atom stereocenters. The lowest BCUT2D eigenvalue weighted by atomic mass is 9.78. The van der Waals surface area contributed by atoms with Crippen LogP contribution in [-0.4, -0.2) is 29.6 Å². The van der Waals surface area contributed by atoms with E-state index in [0.29, 0.717) is 23.2 Å². The van der Waals surface area contributed by atoms with Gasteiger partial charge in [-0.05, 0) is 43.4 Å². The average molecular weight is 280 g/mol. The smallest absolute Gasteiger partial charge is 0.240 e. The summed E-state index contributed by atoms with van der Waals surface area (Å²) in [5, 5.41) is 3.47. The predicted octanol–water partition coefficient (Wildman–Crippen LogP) is 3.40. The first-order chi connectivity index (χ1) is 9.34. The predicted molar refractivity (Wildman–Crippen MR) is 83.3 cm³/mol. The van der Waals surface area contributed by atoms with Gasteiger partial charge in [0.15, 0.2) is 0 Å². The molecular formula is C17H32N2O. The van der Waals surface area contributed by atoms with E-state index in [0.717, 1.165) is 6.54 Å². The van der Waals surface area contributed by atoms with Crippen LogP contribution in [0.5, 0.6) is 0 Å². The van der Waals surface area contributed by atoms with Gasteiger partial charge in [0.1, 0.15) is 0 Å². The van der Waals surface area contributed by atoms with Crippen LogP contribution in [0.15, 0.2) is 0 Å². The maximum atomic E-state index is 12.5. The van der Waals surface area contributed by atoms with Crippen LogP contribution in [0.2, 0.25) is 0 Å². The summed E-state index contributed by atoms with van der Waals surface area (Å²) in [6.45, 7) is 12.0. The molecule has 116 valence electrons. The van der Waals surface area contributed by atoms with Crippen LogP contribution in [0.3, 0.4) is 0 Å². The molecule has 1 saturated carbocycles. The minimum absolute atomic E-state index is 0.0140. The Bertz CT molecular complexity index is 345. The zero-order valence-electron chi connectivity index (χ0n) is 13.9. The molecule has 2 rings (SSSR count). The Hall–Kier alpha value is -0.570. The molecule has 2 fully saturated rings. The first kappa shape index (κ1) is 15.8. The highest BCUT2D eigenvalue weighted by molar-refractivity contribution is 5.84. The van der Waals surface area contributed by atoms with Gasteiger partial charge in [0, 0.05) is 6.54 Å². The second-order valence-corrected chi connectivity index (χ2v) is 7.85. The number of carbonyl (C=O) groups is 1. The summed E-state index contributed by atoms with van der Waals surface area (Å²) in [7, 11) is 0. The zero-order valence-corrected chi connectivity index (χ0v) is 13.9. The Morgan fingerprint density at radius 2 is 1.85 bits per heavy atom. The number of amides is 1. The standard InChI is InChI=1S/C17H32N2O/c1-12(2)10-17(8-6-7-9-17)11-19-15(13(3)4)18-14(5)16(19)20/h12-15,18H,6-11H2,1-5H3. The SMILES string of the molecule is CC(C)CC1(CN2C(=O)C(C)NC2C(C)C)CCCC1. The molecule has 0 bridgehead atoms. The molecule has 0 radical (unpaired) electrons. The molecule has 0 aromatic heterocycles. The number of nitrogens with zero attached hydrogens (tertiary/aromatic N) is 1. The van der Waals surface area contributed by atoms with Crippen LogP contribution >= 0.6 is 0 Å². The van der Waals surface area contributed by atoms with Gasteiger partial charge in [0.2, 0.25) is 5.91 Å².